The molecule has 0 aliphatic carbocycles. The largest absolute Gasteiger partial charge is 0.461 e. The molecule has 25 heavy (non-hydrogen) atoms. The van der Waals surface area contributed by atoms with Crippen molar-refractivity contribution in [3.63, 3.8) is 0 Å². The second-order valence-corrected chi connectivity index (χ2v) is 5.30. The maximum Gasteiger partial charge on any atom is 0.310 e. The van der Waals surface area contributed by atoms with E-state index < -0.39 is 5.09 Å². The number of benzene rings is 2. The molecule has 0 spiro atoms. The number of ether oxygens (including phenoxy) is 2. The molecule has 0 saturated carbocycles. The number of hydrogen-bond acceptors (Lipinski definition) is 6. The van der Waals surface area contributed by atoms with Crippen molar-refractivity contribution in [2.75, 3.05) is 20.3 Å². The highest BCUT2D eigenvalue weighted by Crippen LogP contribution is 2.19. The SMILES string of the molecule is COCc1ccc2cc(CC(=O)OC/C=C/CO[N+](=O)[O-])ccc2c1. The minimum Gasteiger partial charge on any atom is -0.461 e. The molecule has 2 aromatic carbocycles. The first-order valence-electron chi connectivity index (χ1n) is 7.67. The monoisotopic (exact) mass is 345 g/mol. The molecule has 7 nitrogen and oxygen atoms in total. The molecule has 7 heteroatoms. The quantitative estimate of drug-likeness (QED) is 0.300. The Balaban J connectivity index is 1.86. The molecular formula is C18H19NO6. The van der Waals surface area contributed by atoms with Gasteiger partial charge in [0.05, 0.1) is 13.0 Å². The summed E-state index contributed by atoms with van der Waals surface area (Å²) in [4.78, 5) is 25.9. The van der Waals surface area contributed by atoms with Gasteiger partial charge in [-0.3, -0.25) is 4.79 Å². The summed E-state index contributed by atoms with van der Waals surface area (Å²) >= 11 is 0. The van der Waals surface area contributed by atoms with Crippen LogP contribution in [0.1, 0.15) is 11.1 Å². The molecule has 0 heterocycles. The van der Waals surface area contributed by atoms with E-state index in [1.807, 2.05) is 30.3 Å². The number of rotatable bonds is 9. The van der Waals surface area contributed by atoms with Crippen LogP contribution in [0.5, 0.6) is 0 Å². The van der Waals surface area contributed by atoms with Crippen molar-refractivity contribution in [3.8, 4) is 0 Å². The van der Waals surface area contributed by atoms with E-state index in [0.29, 0.717) is 6.61 Å². The van der Waals surface area contributed by atoms with Gasteiger partial charge in [0.2, 0.25) is 0 Å². The fourth-order valence-corrected chi connectivity index (χ4v) is 2.31. The minimum absolute atomic E-state index is 0.0495. The molecule has 0 amide bonds. The number of esters is 1. The van der Waals surface area contributed by atoms with Gasteiger partial charge in [-0.05, 0) is 34.0 Å². The van der Waals surface area contributed by atoms with E-state index in [1.54, 1.807) is 7.11 Å². The molecular weight excluding hydrogens is 326 g/mol. The zero-order chi connectivity index (χ0) is 18.1. The molecule has 0 aromatic heterocycles. The van der Waals surface area contributed by atoms with Crippen LogP contribution in [0, 0.1) is 10.1 Å². The van der Waals surface area contributed by atoms with Crippen molar-refractivity contribution in [3.05, 3.63) is 69.8 Å². The van der Waals surface area contributed by atoms with Gasteiger partial charge in [0, 0.05) is 7.11 Å². The Labute approximate surface area is 144 Å². The predicted octanol–water partition coefficient (Wildman–Crippen LogP) is 2.84. The number of methoxy groups -OCH3 is 1. The summed E-state index contributed by atoms with van der Waals surface area (Å²) in [6.45, 7) is 0.443. The first-order valence-corrected chi connectivity index (χ1v) is 7.67. The molecule has 2 rings (SSSR count). The summed E-state index contributed by atoms with van der Waals surface area (Å²) in [5.41, 5.74) is 1.95. The summed E-state index contributed by atoms with van der Waals surface area (Å²) < 4.78 is 10.2. The van der Waals surface area contributed by atoms with Gasteiger partial charge in [0.1, 0.15) is 13.2 Å². The molecule has 0 N–H and O–H groups in total. The van der Waals surface area contributed by atoms with E-state index in [2.05, 4.69) is 10.9 Å². The summed E-state index contributed by atoms with van der Waals surface area (Å²) in [6.07, 6.45) is 3.08. The van der Waals surface area contributed by atoms with Crippen LogP contribution in [0.15, 0.2) is 48.6 Å². The molecule has 2 aromatic rings. The van der Waals surface area contributed by atoms with Crippen molar-refractivity contribution in [1.29, 1.82) is 0 Å². The third-order valence-corrected chi connectivity index (χ3v) is 3.41. The van der Waals surface area contributed by atoms with Gasteiger partial charge >= 0.3 is 5.97 Å². The molecule has 0 fully saturated rings. The van der Waals surface area contributed by atoms with Gasteiger partial charge in [-0.1, -0.05) is 36.4 Å². The predicted molar refractivity (Wildman–Crippen MR) is 91.4 cm³/mol. The number of carbonyl (C=O) groups excluding carboxylic acids is 1. The van der Waals surface area contributed by atoms with Crippen LogP contribution in [-0.4, -0.2) is 31.4 Å². The third-order valence-electron chi connectivity index (χ3n) is 3.41. The lowest BCUT2D eigenvalue weighted by Crippen LogP contribution is -2.08. The average molecular weight is 345 g/mol. The number of fused-ring (bicyclic) bond motifs is 1. The van der Waals surface area contributed by atoms with Crippen LogP contribution in [0.3, 0.4) is 0 Å². The van der Waals surface area contributed by atoms with Gasteiger partial charge in [0.15, 0.2) is 0 Å². The summed E-state index contributed by atoms with van der Waals surface area (Å²) in [7, 11) is 1.66. The first-order chi connectivity index (χ1) is 12.1. The van der Waals surface area contributed by atoms with Gasteiger partial charge in [-0.2, -0.15) is 0 Å². The molecule has 0 bridgehead atoms. The lowest BCUT2D eigenvalue weighted by atomic mass is 10.0. The molecule has 132 valence electrons. The summed E-state index contributed by atoms with van der Waals surface area (Å²) in [5, 5.41) is 11.2. The van der Waals surface area contributed by atoms with Gasteiger partial charge in [-0.15, -0.1) is 10.1 Å². The highest BCUT2D eigenvalue weighted by Gasteiger charge is 2.05. The van der Waals surface area contributed by atoms with E-state index in [9.17, 15) is 14.9 Å². The standard InChI is InChI=1S/C18H19NO6/c1-23-13-15-5-7-16-10-14(4-6-17(16)11-15)12-18(20)24-8-2-3-9-25-19(21)22/h2-7,10-11H,8-9,12-13H2,1H3/b3-2+. The topological polar surface area (TPSA) is 87.9 Å². The summed E-state index contributed by atoms with van der Waals surface area (Å²) in [5.74, 6) is -0.366. The lowest BCUT2D eigenvalue weighted by molar-refractivity contribution is -0.755. The Bertz CT molecular complexity index is 771. The molecule has 0 aliphatic rings. The third kappa shape index (κ3) is 6.23. The highest BCUT2D eigenvalue weighted by atomic mass is 16.9. The van der Waals surface area contributed by atoms with Gasteiger partial charge in [-0.25, -0.2) is 0 Å². The molecule has 0 radical (unpaired) electrons. The van der Waals surface area contributed by atoms with Crippen LogP contribution < -0.4 is 0 Å². The minimum atomic E-state index is -0.881. The molecule has 0 unspecified atom stereocenters. The van der Waals surface area contributed by atoms with E-state index >= 15 is 0 Å². The molecule has 0 aliphatic heterocycles. The van der Waals surface area contributed by atoms with Crippen LogP contribution >= 0.6 is 0 Å². The maximum absolute atomic E-state index is 11.8. The first kappa shape index (κ1) is 18.4. The van der Waals surface area contributed by atoms with Crippen LogP contribution in [-0.2, 0) is 32.1 Å². The Kier molecular flexibility index (Phi) is 6.91. The van der Waals surface area contributed by atoms with Gasteiger partial charge < -0.3 is 14.3 Å². The average Bonchev–Trinajstić information content (AvgIpc) is 2.58. The molecule has 0 atom stereocenters. The lowest BCUT2D eigenvalue weighted by Gasteiger charge is -2.06. The zero-order valence-corrected chi connectivity index (χ0v) is 13.8. The number of carbonyl (C=O) groups is 1. The van der Waals surface area contributed by atoms with Crippen LogP contribution in [0.25, 0.3) is 10.8 Å². The normalized spacial score (nSPS) is 10.9. The number of hydrogen-bond donors (Lipinski definition) is 0. The second kappa shape index (κ2) is 9.39. The van der Waals surface area contributed by atoms with Crippen molar-refractivity contribution in [1.82, 2.24) is 0 Å². The molecule has 0 saturated heterocycles. The van der Waals surface area contributed by atoms with Crippen molar-refractivity contribution in [2.24, 2.45) is 0 Å². The number of nitrogens with zero attached hydrogens (tertiary/aromatic N) is 1. The van der Waals surface area contributed by atoms with Crippen molar-refractivity contribution >= 4 is 16.7 Å². The zero-order valence-electron chi connectivity index (χ0n) is 13.8. The maximum atomic E-state index is 11.8. The van der Waals surface area contributed by atoms with E-state index in [4.69, 9.17) is 9.47 Å². The second-order valence-electron chi connectivity index (χ2n) is 5.30. The Morgan fingerprint density at radius 2 is 1.72 bits per heavy atom. The van der Waals surface area contributed by atoms with E-state index in [0.717, 1.165) is 21.9 Å². The van der Waals surface area contributed by atoms with E-state index in [1.165, 1.54) is 12.2 Å². The van der Waals surface area contributed by atoms with Crippen LogP contribution in [0.4, 0.5) is 0 Å². The Hall–Kier alpha value is -2.93. The smallest absolute Gasteiger partial charge is 0.310 e. The highest BCUT2D eigenvalue weighted by molar-refractivity contribution is 5.85. The van der Waals surface area contributed by atoms with Crippen molar-refractivity contribution < 1.29 is 24.2 Å². The summed E-state index contributed by atoms with van der Waals surface area (Å²) in [6, 6.07) is 11.8. The van der Waals surface area contributed by atoms with E-state index in [-0.39, 0.29) is 25.6 Å². The Morgan fingerprint density at radius 1 is 1.08 bits per heavy atom. The van der Waals surface area contributed by atoms with Crippen LogP contribution in [0.2, 0.25) is 0 Å². The van der Waals surface area contributed by atoms with Crippen molar-refractivity contribution in [2.45, 2.75) is 13.0 Å². The Morgan fingerprint density at radius 3 is 2.40 bits per heavy atom. The fourth-order valence-electron chi connectivity index (χ4n) is 2.31. The fraction of sp³-hybridized carbons (Fsp3) is 0.278. The van der Waals surface area contributed by atoms with Gasteiger partial charge in [0.25, 0.3) is 5.09 Å².